The molecule has 0 aromatic carbocycles. The molecule has 0 unspecified atom stereocenters. The molecule has 0 heterocycles. The molecule has 0 saturated heterocycles. The van der Waals surface area contributed by atoms with Crippen molar-refractivity contribution in [2.75, 3.05) is 12.3 Å². The Morgan fingerprint density at radius 1 is 0.652 bits per heavy atom. The number of unbranched alkanes of at least 4 members (excludes halogenated alkanes) is 8. The van der Waals surface area contributed by atoms with Crippen LogP contribution in [0.1, 0.15) is 78.1 Å². The van der Waals surface area contributed by atoms with Gasteiger partial charge in [-0.1, -0.05) is 0 Å². The third-order valence-electron chi connectivity index (χ3n) is 3.44. The van der Waals surface area contributed by atoms with Gasteiger partial charge in [0.25, 0.3) is 0 Å². The Labute approximate surface area is 140 Å². The summed E-state index contributed by atoms with van der Waals surface area (Å²) in [5.41, 5.74) is 0. The Balaban J connectivity index is 0. The molecular formula is C14H36O7P2. The summed E-state index contributed by atoms with van der Waals surface area (Å²) in [5.74, 6) is 0. The van der Waals surface area contributed by atoms with E-state index in [2.05, 4.69) is 13.8 Å². The minimum atomic E-state index is -4.64. The minimum Gasteiger partial charge on any atom is -0.303 e. The van der Waals surface area contributed by atoms with Crippen LogP contribution in [0.3, 0.4) is 0 Å². The van der Waals surface area contributed by atoms with E-state index < -0.39 is 15.1 Å². The molecule has 23 heavy (non-hydrogen) atoms. The normalized spacial score (nSPS) is 13.8. The minimum absolute atomic E-state index is 0.198. The predicted octanol–water partition coefficient (Wildman–Crippen LogP) is 3.27. The molecule has 0 radical (unpaired) electrons. The topological polar surface area (TPSA) is 138 Å². The summed E-state index contributed by atoms with van der Waals surface area (Å²) in [5, 5.41) is 0. The first-order chi connectivity index (χ1) is 10.4. The first kappa shape index (κ1) is 25.7. The largest absolute Gasteiger partial charge is 0.466 e. The fourth-order valence-corrected chi connectivity index (χ4v) is 4.16. The molecule has 7 nitrogen and oxygen atoms in total. The summed E-state index contributed by atoms with van der Waals surface area (Å²) in [6.07, 6.45) is 10.8. The van der Waals surface area contributed by atoms with Gasteiger partial charge in [0.05, 0.1) is 0 Å². The Bertz CT molecular complexity index is 297. The molecule has 0 amide bonds. The van der Waals surface area contributed by atoms with Gasteiger partial charge in [-0.2, -0.15) is 0 Å². The van der Waals surface area contributed by atoms with Crippen molar-refractivity contribution < 1.29 is 33.9 Å². The van der Waals surface area contributed by atoms with Crippen LogP contribution in [0.2, 0.25) is 0 Å². The molecule has 0 aromatic rings. The van der Waals surface area contributed by atoms with Crippen molar-refractivity contribution in [2.45, 2.75) is 78.1 Å². The van der Waals surface area contributed by atoms with Crippen molar-refractivity contribution in [3.05, 3.63) is 0 Å². The van der Waals surface area contributed by atoms with Crippen LogP contribution in [-0.2, 0) is 4.57 Å². The molecule has 144 valence electrons. The molecule has 0 bridgehead atoms. The zero-order chi connectivity index (χ0) is 18.4. The quantitative estimate of drug-likeness (QED) is 0.226. The number of hydrogen-bond donors (Lipinski definition) is 6. The van der Waals surface area contributed by atoms with Crippen LogP contribution in [0.15, 0.2) is 0 Å². The van der Waals surface area contributed by atoms with Gasteiger partial charge in [-0.15, -0.1) is 0 Å². The van der Waals surface area contributed by atoms with Crippen molar-refractivity contribution in [1.82, 2.24) is 0 Å². The van der Waals surface area contributed by atoms with Gasteiger partial charge in [-0.3, -0.25) is 0 Å². The third-order valence-corrected chi connectivity index (χ3v) is 5.90. The standard InChI is InChI=1S/C14H33O3P.H3O4P/c1-3-5-7-9-11-13-18(15,16,17)14-12-10-8-6-4-2;1-5(2,3)4/h15-17H,3-14H2,1-2H3;(H3,1,2,3,4). The van der Waals surface area contributed by atoms with Gasteiger partial charge in [0.15, 0.2) is 0 Å². The van der Waals surface area contributed by atoms with E-state index in [0.717, 1.165) is 38.5 Å². The van der Waals surface area contributed by atoms with Gasteiger partial charge < -0.3 is 14.7 Å². The molecule has 9 heteroatoms. The van der Waals surface area contributed by atoms with Gasteiger partial charge >= 0.3 is 120 Å². The van der Waals surface area contributed by atoms with Crippen LogP contribution in [0, 0.1) is 0 Å². The summed E-state index contributed by atoms with van der Waals surface area (Å²) >= 11 is 0. The van der Waals surface area contributed by atoms with Gasteiger partial charge in [0, 0.05) is 0 Å². The van der Waals surface area contributed by atoms with Crippen molar-refractivity contribution in [3.63, 3.8) is 0 Å². The van der Waals surface area contributed by atoms with Gasteiger partial charge in [-0.25, -0.2) is 4.57 Å². The molecule has 0 atom stereocenters. The average Bonchev–Trinajstić information content (AvgIpc) is 2.35. The van der Waals surface area contributed by atoms with E-state index in [1.54, 1.807) is 0 Å². The van der Waals surface area contributed by atoms with Crippen molar-refractivity contribution >= 4 is 15.1 Å². The predicted molar refractivity (Wildman–Crippen MR) is 95.1 cm³/mol. The Kier molecular flexibility index (Phi) is 14.2. The van der Waals surface area contributed by atoms with Crippen LogP contribution >= 0.6 is 15.1 Å². The van der Waals surface area contributed by atoms with Crippen molar-refractivity contribution in [3.8, 4) is 0 Å². The van der Waals surface area contributed by atoms with E-state index in [-0.39, 0.29) is 12.3 Å². The second kappa shape index (κ2) is 12.7. The summed E-state index contributed by atoms with van der Waals surface area (Å²) in [6.45, 7) is 4.31. The van der Waals surface area contributed by atoms with Crippen LogP contribution in [-0.4, -0.2) is 41.7 Å². The van der Waals surface area contributed by atoms with Gasteiger partial charge in [-0.05, 0) is 0 Å². The Morgan fingerprint density at radius 3 is 1.17 bits per heavy atom. The molecule has 0 aromatic heterocycles. The third kappa shape index (κ3) is 27.6. The van der Waals surface area contributed by atoms with Gasteiger partial charge in [0.1, 0.15) is 0 Å². The number of hydrogen-bond acceptors (Lipinski definition) is 4. The van der Waals surface area contributed by atoms with E-state index in [1.165, 1.54) is 25.7 Å². The summed E-state index contributed by atoms with van der Waals surface area (Å²) in [7, 11) is -8.93. The zero-order valence-corrected chi connectivity index (χ0v) is 16.3. The van der Waals surface area contributed by atoms with E-state index >= 15 is 0 Å². The SMILES string of the molecule is CCCCCCCP(O)(O)(O)CCCCCCC.O=P(O)(O)O. The number of rotatable bonds is 12. The molecule has 0 fully saturated rings. The summed E-state index contributed by atoms with van der Waals surface area (Å²) in [4.78, 5) is 51.4. The molecule has 0 aliphatic heterocycles. The average molecular weight is 378 g/mol. The summed E-state index contributed by atoms with van der Waals surface area (Å²) < 4.78 is 8.88. The van der Waals surface area contributed by atoms with E-state index in [0.29, 0.717) is 0 Å². The van der Waals surface area contributed by atoms with Crippen LogP contribution in [0.25, 0.3) is 0 Å². The van der Waals surface area contributed by atoms with Crippen molar-refractivity contribution in [1.29, 1.82) is 0 Å². The smallest absolute Gasteiger partial charge is 0.303 e. The first-order valence-electron chi connectivity index (χ1n) is 8.43. The number of phosphoric acid groups is 1. The van der Waals surface area contributed by atoms with E-state index in [1.807, 2.05) is 0 Å². The molecule has 0 spiro atoms. The molecule has 6 N–H and O–H groups in total. The van der Waals surface area contributed by atoms with Gasteiger partial charge in [0.2, 0.25) is 0 Å². The molecule has 0 rings (SSSR count). The maximum absolute atomic E-state index is 9.93. The molecule has 0 aliphatic rings. The Hall–Kier alpha value is 0.420. The maximum atomic E-state index is 9.93. The molecule has 0 saturated carbocycles. The monoisotopic (exact) mass is 378 g/mol. The Morgan fingerprint density at radius 2 is 0.913 bits per heavy atom. The van der Waals surface area contributed by atoms with Crippen LogP contribution in [0.5, 0.6) is 0 Å². The van der Waals surface area contributed by atoms with Crippen molar-refractivity contribution in [2.24, 2.45) is 0 Å². The van der Waals surface area contributed by atoms with Crippen LogP contribution < -0.4 is 0 Å². The zero-order valence-electron chi connectivity index (χ0n) is 14.5. The van der Waals surface area contributed by atoms with Crippen LogP contribution in [0.4, 0.5) is 0 Å². The molecule has 0 aliphatic carbocycles. The second-order valence-corrected chi connectivity index (χ2v) is 10.7. The maximum Gasteiger partial charge on any atom is 0.466 e. The second-order valence-electron chi connectivity index (χ2n) is 6.13. The summed E-state index contributed by atoms with van der Waals surface area (Å²) in [6, 6.07) is 0. The molecular weight excluding hydrogens is 342 g/mol. The fourth-order valence-electron chi connectivity index (χ4n) is 2.19. The fraction of sp³-hybridized carbons (Fsp3) is 1.00. The van der Waals surface area contributed by atoms with E-state index in [9.17, 15) is 14.7 Å². The first-order valence-corrected chi connectivity index (χ1v) is 12.5. The van der Waals surface area contributed by atoms with E-state index in [4.69, 9.17) is 19.2 Å².